The van der Waals surface area contributed by atoms with Crippen LogP contribution >= 0.6 is 0 Å². The molecule has 0 aromatic carbocycles. The van der Waals surface area contributed by atoms with Crippen LogP contribution in [0, 0.1) is 11.8 Å². The molecule has 0 aliphatic carbocycles. The van der Waals surface area contributed by atoms with Gasteiger partial charge in [0.15, 0.2) is 0 Å². The second-order valence-corrected chi connectivity index (χ2v) is 9.56. The third-order valence-electron chi connectivity index (χ3n) is 6.45. The van der Waals surface area contributed by atoms with Crippen molar-refractivity contribution in [3.63, 3.8) is 0 Å². The number of piperidine rings is 1. The Morgan fingerprint density at radius 2 is 1.56 bits per heavy atom. The molecule has 0 N–H and O–H groups in total. The number of carbonyl (C=O) groups is 1. The topological polar surface area (TPSA) is 30.0 Å². The molecule has 2 aliphatic rings. The fraction of sp³-hybridized carbons (Fsp3) is 0.955. The van der Waals surface area contributed by atoms with E-state index in [1.54, 1.807) is 0 Å². The zero-order chi connectivity index (χ0) is 20.0. The zero-order valence-electron chi connectivity index (χ0n) is 18.8. The lowest BCUT2D eigenvalue weighted by molar-refractivity contribution is -0.136. The lowest BCUT2D eigenvalue weighted by atomic mass is 10.0. The van der Waals surface area contributed by atoms with Gasteiger partial charge in [-0.3, -0.25) is 9.69 Å². The summed E-state index contributed by atoms with van der Waals surface area (Å²) in [7, 11) is 2.28. The predicted octanol–water partition coefficient (Wildman–Crippen LogP) is 2.62. The number of likely N-dealkylation sites (tertiary alicyclic amines) is 1. The Morgan fingerprint density at radius 1 is 0.963 bits per heavy atom. The molecule has 1 unspecified atom stereocenters. The monoisotopic (exact) mass is 380 g/mol. The van der Waals surface area contributed by atoms with E-state index >= 15 is 0 Å². The van der Waals surface area contributed by atoms with Crippen molar-refractivity contribution in [1.82, 2.24) is 19.6 Å². The Labute approximate surface area is 168 Å². The SMILES string of the molecule is CC(C)CN1CCN(C(C)CCN(C)C2CCN(C(=O)C(C)C)CC2)CC1. The molecular formula is C22H44N4O. The van der Waals surface area contributed by atoms with E-state index in [0.717, 1.165) is 38.4 Å². The summed E-state index contributed by atoms with van der Waals surface area (Å²) in [6, 6.07) is 1.30. The van der Waals surface area contributed by atoms with E-state index in [4.69, 9.17) is 0 Å². The second kappa shape index (κ2) is 10.8. The average Bonchev–Trinajstić information content (AvgIpc) is 2.65. The van der Waals surface area contributed by atoms with Gasteiger partial charge >= 0.3 is 0 Å². The summed E-state index contributed by atoms with van der Waals surface area (Å²) in [5.41, 5.74) is 0. The maximum absolute atomic E-state index is 12.1. The third kappa shape index (κ3) is 7.03. The Hall–Kier alpha value is -0.650. The number of amides is 1. The summed E-state index contributed by atoms with van der Waals surface area (Å²) in [5.74, 6) is 1.22. The van der Waals surface area contributed by atoms with E-state index in [-0.39, 0.29) is 5.92 Å². The van der Waals surface area contributed by atoms with E-state index in [0.29, 0.717) is 18.0 Å². The van der Waals surface area contributed by atoms with Gasteiger partial charge in [-0.1, -0.05) is 27.7 Å². The highest BCUT2D eigenvalue weighted by molar-refractivity contribution is 5.78. The molecule has 0 spiro atoms. The van der Waals surface area contributed by atoms with Crippen molar-refractivity contribution in [1.29, 1.82) is 0 Å². The van der Waals surface area contributed by atoms with E-state index < -0.39 is 0 Å². The van der Waals surface area contributed by atoms with Crippen LogP contribution in [0.2, 0.25) is 0 Å². The van der Waals surface area contributed by atoms with Crippen LogP contribution in [0.3, 0.4) is 0 Å². The van der Waals surface area contributed by atoms with E-state index in [9.17, 15) is 4.79 Å². The van der Waals surface area contributed by atoms with Gasteiger partial charge in [-0.15, -0.1) is 0 Å². The van der Waals surface area contributed by atoms with Gasteiger partial charge in [0.2, 0.25) is 5.91 Å². The number of rotatable bonds is 8. The van der Waals surface area contributed by atoms with Crippen molar-refractivity contribution >= 4 is 5.91 Å². The normalized spacial score (nSPS) is 22.2. The fourth-order valence-electron chi connectivity index (χ4n) is 4.55. The molecule has 1 atom stereocenters. The van der Waals surface area contributed by atoms with Crippen LogP contribution in [0.4, 0.5) is 0 Å². The van der Waals surface area contributed by atoms with Gasteiger partial charge in [0.25, 0.3) is 0 Å². The van der Waals surface area contributed by atoms with E-state index in [2.05, 4.69) is 47.4 Å². The maximum atomic E-state index is 12.1. The molecule has 2 saturated heterocycles. The van der Waals surface area contributed by atoms with Crippen molar-refractivity contribution in [2.75, 3.05) is 59.4 Å². The highest BCUT2D eigenvalue weighted by Crippen LogP contribution is 2.18. The molecule has 0 aromatic heterocycles. The lowest BCUT2D eigenvalue weighted by Gasteiger charge is -2.40. The van der Waals surface area contributed by atoms with Crippen LogP contribution in [0.15, 0.2) is 0 Å². The first-order valence-electron chi connectivity index (χ1n) is 11.2. The van der Waals surface area contributed by atoms with E-state index in [1.807, 2.05) is 13.8 Å². The summed E-state index contributed by atoms with van der Waals surface area (Å²) in [6.45, 7) is 20.2. The summed E-state index contributed by atoms with van der Waals surface area (Å²) < 4.78 is 0. The Bertz CT molecular complexity index is 438. The number of piperazine rings is 1. The lowest BCUT2D eigenvalue weighted by Crippen LogP contribution is -2.51. The molecule has 158 valence electrons. The number of carbonyl (C=O) groups excluding carboxylic acids is 1. The summed E-state index contributed by atoms with van der Waals surface area (Å²) in [6.07, 6.45) is 3.49. The van der Waals surface area contributed by atoms with Crippen LogP contribution in [0.5, 0.6) is 0 Å². The molecule has 2 aliphatic heterocycles. The molecule has 0 saturated carbocycles. The van der Waals surface area contributed by atoms with Crippen LogP contribution in [-0.4, -0.2) is 97.0 Å². The van der Waals surface area contributed by atoms with E-state index in [1.165, 1.54) is 39.1 Å². The number of nitrogens with zero attached hydrogens (tertiary/aromatic N) is 4. The predicted molar refractivity (Wildman–Crippen MR) is 114 cm³/mol. The number of hydrogen-bond donors (Lipinski definition) is 0. The molecule has 1 amide bonds. The maximum Gasteiger partial charge on any atom is 0.225 e. The van der Waals surface area contributed by atoms with Gasteiger partial charge in [0.05, 0.1) is 0 Å². The van der Waals surface area contributed by atoms with Gasteiger partial charge in [0, 0.05) is 63.8 Å². The van der Waals surface area contributed by atoms with Gasteiger partial charge in [-0.2, -0.15) is 0 Å². The van der Waals surface area contributed by atoms with Gasteiger partial charge in [0.1, 0.15) is 0 Å². The minimum atomic E-state index is 0.126. The first kappa shape index (κ1) is 22.6. The van der Waals surface area contributed by atoms with Crippen molar-refractivity contribution in [2.24, 2.45) is 11.8 Å². The number of hydrogen-bond acceptors (Lipinski definition) is 4. The van der Waals surface area contributed by atoms with Gasteiger partial charge < -0.3 is 14.7 Å². The summed E-state index contributed by atoms with van der Waals surface area (Å²) >= 11 is 0. The van der Waals surface area contributed by atoms with Crippen LogP contribution in [-0.2, 0) is 4.79 Å². The summed E-state index contributed by atoms with van der Waals surface area (Å²) in [4.78, 5) is 22.1. The molecule has 2 rings (SSSR count). The molecule has 5 heteroatoms. The quantitative estimate of drug-likeness (QED) is 0.647. The van der Waals surface area contributed by atoms with Gasteiger partial charge in [-0.05, 0) is 45.7 Å². The first-order chi connectivity index (χ1) is 12.8. The van der Waals surface area contributed by atoms with Crippen molar-refractivity contribution in [3.8, 4) is 0 Å². The average molecular weight is 381 g/mol. The molecule has 27 heavy (non-hydrogen) atoms. The van der Waals surface area contributed by atoms with Crippen LogP contribution in [0.1, 0.15) is 53.9 Å². The zero-order valence-corrected chi connectivity index (χ0v) is 18.8. The molecule has 0 radical (unpaired) electrons. The molecule has 0 aromatic rings. The van der Waals surface area contributed by atoms with Crippen LogP contribution in [0.25, 0.3) is 0 Å². The standard InChI is InChI=1S/C22H44N4O/c1-18(2)17-24-13-15-25(16-14-24)20(5)7-10-23(6)21-8-11-26(12-9-21)22(27)19(3)4/h18-21H,7-17H2,1-6H3. The fourth-order valence-corrected chi connectivity index (χ4v) is 4.55. The third-order valence-corrected chi connectivity index (χ3v) is 6.45. The Kier molecular flexibility index (Phi) is 9.03. The molecule has 5 nitrogen and oxygen atoms in total. The minimum absolute atomic E-state index is 0.126. The second-order valence-electron chi connectivity index (χ2n) is 9.56. The molecule has 0 bridgehead atoms. The van der Waals surface area contributed by atoms with Crippen molar-refractivity contribution < 1.29 is 4.79 Å². The smallest absolute Gasteiger partial charge is 0.225 e. The largest absolute Gasteiger partial charge is 0.342 e. The molecule has 2 fully saturated rings. The highest BCUT2D eigenvalue weighted by Gasteiger charge is 2.27. The van der Waals surface area contributed by atoms with Gasteiger partial charge in [-0.25, -0.2) is 0 Å². The Morgan fingerprint density at radius 3 is 2.07 bits per heavy atom. The van der Waals surface area contributed by atoms with Crippen molar-refractivity contribution in [2.45, 2.75) is 66.0 Å². The molecule has 2 heterocycles. The van der Waals surface area contributed by atoms with Crippen molar-refractivity contribution in [3.05, 3.63) is 0 Å². The first-order valence-corrected chi connectivity index (χ1v) is 11.2. The highest BCUT2D eigenvalue weighted by atomic mass is 16.2. The Balaban J connectivity index is 1.66. The molecular weight excluding hydrogens is 336 g/mol. The minimum Gasteiger partial charge on any atom is -0.342 e. The van der Waals surface area contributed by atoms with Crippen LogP contribution < -0.4 is 0 Å². The summed E-state index contributed by atoms with van der Waals surface area (Å²) in [5, 5.41) is 0.